The van der Waals surface area contributed by atoms with Crippen LogP contribution in [0.2, 0.25) is 0 Å². The number of aliphatic imine (C=N–C) groups is 1. The minimum atomic E-state index is 0.168. The summed E-state index contributed by atoms with van der Waals surface area (Å²) in [6, 6.07) is 18.0. The van der Waals surface area contributed by atoms with Gasteiger partial charge in [-0.3, -0.25) is 9.79 Å². The fraction of sp³-hybridized carbons (Fsp3) is 0.391. The van der Waals surface area contributed by atoms with Gasteiger partial charge in [0.15, 0.2) is 5.96 Å². The van der Waals surface area contributed by atoms with Crippen LogP contribution in [0.4, 0.5) is 5.69 Å². The Labute approximate surface area is 172 Å². The van der Waals surface area contributed by atoms with E-state index >= 15 is 0 Å². The first-order valence-corrected chi connectivity index (χ1v) is 10.3. The van der Waals surface area contributed by atoms with Gasteiger partial charge in [-0.25, -0.2) is 0 Å². The normalized spacial score (nSPS) is 17.4. The summed E-state index contributed by atoms with van der Waals surface area (Å²) in [4.78, 5) is 20.9. The van der Waals surface area contributed by atoms with Gasteiger partial charge in [0.2, 0.25) is 5.91 Å². The number of hydrogen-bond acceptors (Lipinski definition) is 3. The van der Waals surface area contributed by atoms with Gasteiger partial charge in [0, 0.05) is 51.8 Å². The number of anilines is 1. The number of rotatable bonds is 5. The highest BCUT2D eigenvalue weighted by molar-refractivity contribution is 6.01. The molecule has 1 N–H and O–H groups in total. The molecule has 4 rings (SSSR count). The summed E-state index contributed by atoms with van der Waals surface area (Å²) in [6.07, 6.45) is 2.67. The lowest BCUT2D eigenvalue weighted by atomic mass is 10.1. The average Bonchev–Trinajstić information content (AvgIpc) is 3.08. The molecule has 2 aliphatic rings. The van der Waals surface area contributed by atoms with Crippen LogP contribution in [0.15, 0.2) is 59.6 Å². The van der Waals surface area contributed by atoms with Gasteiger partial charge in [0.1, 0.15) is 11.9 Å². The van der Waals surface area contributed by atoms with Crippen LogP contribution in [-0.2, 0) is 11.2 Å². The lowest BCUT2D eigenvalue weighted by molar-refractivity contribution is -0.117. The van der Waals surface area contributed by atoms with Crippen molar-refractivity contribution in [2.75, 3.05) is 38.1 Å². The molecule has 0 radical (unpaired) electrons. The van der Waals surface area contributed by atoms with Gasteiger partial charge >= 0.3 is 0 Å². The van der Waals surface area contributed by atoms with E-state index in [-0.39, 0.29) is 12.0 Å². The lowest BCUT2D eigenvalue weighted by Gasteiger charge is -2.34. The molecule has 0 aromatic heterocycles. The number of carbonyl (C=O) groups is 1. The maximum Gasteiger partial charge on any atom is 0.231 e. The van der Waals surface area contributed by atoms with Crippen molar-refractivity contribution in [2.24, 2.45) is 4.99 Å². The Morgan fingerprint density at radius 3 is 2.59 bits per heavy atom. The molecule has 1 fully saturated rings. The van der Waals surface area contributed by atoms with E-state index in [1.54, 1.807) is 0 Å². The standard InChI is InChI=1S/C23H28N4O2/c1-24-23(25-13-16-27-21-10-6-5-7-18(21)17-22(27)28)26-14-11-20(12-15-26)29-19-8-3-2-4-9-19/h2-10,20H,11-17H2,1H3,(H,24,25). The van der Waals surface area contributed by atoms with Gasteiger partial charge in [-0.05, 0) is 23.8 Å². The molecular formula is C23H28N4O2. The van der Waals surface area contributed by atoms with Crippen LogP contribution in [0, 0.1) is 0 Å². The lowest BCUT2D eigenvalue weighted by Crippen LogP contribution is -2.49. The van der Waals surface area contributed by atoms with E-state index in [0.717, 1.165) is 48.9 Å². The van der Waals surface area contributed by atoms with Crippen molar-refractivity contribution in [2.45, 2.75) is 25.4 Å². The van der Waals surface area contributed by atoms with Crippen molar-refractivity contribution >= 4 is 17.6 Å². The van der Waals surface area contributed by atoms with E-state index in [4.69, 9.17) is 4.74 Å². The SMILES string of the molecule is CN=C(NCCN1C(=O)Cc2ccccc21)N1CCC(Oc2ccccc2)CC1. The molecule has 152 valence electrons. The zero-order valence-corrected chi connectivity index (χ0v) is 16.9. The molecule has 0 aliphatic carbocycles. The number of benzene rings is 2. The van der Waals surface area contributed by atoms with Crippen LogP contribution >= 0.6 is 0 Å². The van der Waals surface area contributed by atoms with Crippen molar-refractivity contribution < 1.29 is 9.53 Å². The number of hydrogen-bond donors (Lipinski definition) is 1. The molecule has 2 aliphatic heterocycles. The van der Waals surface area contributed by atoms with Crippen LogP contribution < -0.4 is 15.0 Å². The Morgan fingerprint density at radius 1 is 1.10 bits per heavy atom. The van der Waals surface area contributed by atoms with E-state index < -0.39 is 0 Å². The number of carbonyl (C=O) groups excluding carboxylic acids is 1. The Hall–Kier alpha value is -3.02. The molecule has 0 atom stereocenters. The zero-order valence-electron chi connectivity index (χ0n) is 16.9. The highest BCUT2D eigenvalue weighted by Gasteiger charge is 2.27. The molecule has 6 nitrogen and oxygen atoms in total. The maximum atomic E-state index is 12.3. The van der Waals surface area contributed by atoms with Crippen LogP contribution in [0.25, 0.3) is 0 Å². The molecule has 2 heterocycles. The third-order valence-corrected chi connectivity index (χ3v) is 5.54. The van der Waals surface area contributed by atoms with Crippen LogP contribution in [0.3, 0.4) is 0 Å². The quantitative estimate of drug-likeness (QED) is 0.628. The van der Waals surface area contributed by atoms with E-state index in [1.165, 1.54) is 0 Å². The van der Waals surface area contributed by atoms with Gasteiger partial charge in [0.25, 0.3) is 0 Å². The minimum absolute atomic E-state index is 0.168. The second kappa shape index (κ2) is 8.99. The summed E-state index contributed by atoms with van der Waals surface area (Å²) in [5.74, 6) is 1.99. The molecule has 1 saturated heterocycles. The number of amides is 1. The second-order valence-corrected chi connectivity index (χ2v) is 7.44. The smallest absolute Gasteiger partial charge is 0.231 e. The summed E-state index contributed by atoms with van der Waals surface area (Å²) in [7, 11) is 1.81. The fourth-order valence-corrected chi connectivity index (χ4v) is 4.05. The number of piperidine rings is 1. The molecule has 0 unspecified atom stereocenters. The van der Waals surface area contributed by atoms with Crippen molar-refractivity contribution in [3.63, 3.8) is 0 Å². The van der Waals surface area contributed by atoms with Crippen LogP contribution in [-0.4, -0.2) is 56.1 Å². The number of ether oxygens (including phenoxy) is 1. The summed E-state index contributed by atoms with van der Waals surface area (Å²) < 4.78 is 6.08. The van der Waals surface area contributed by atoms with E-state index in [1.807, 2.05) is 66.5 Å². The molecule has 29 heavy (non-hydrogen) atoms. The van der Waals surface area contributed by atoms with Gasteiger partial charge < -0.3 is 19.9 Å². The topological polar surface area (TPSA) is 57.2 Å². The number of guanidine groups is 1. The predicted molar refractivity (Wildman–Crippen MR) is 116 cm³/mol. The maximum absolute atomic E-state index is 12.3. The van der Waals surface area contributed by atoms with Gasteiger partial charge in [-0.2, -0.15) is 0 Å². The summed E-state index contributed by atoms with van der Waals surface area (Å²) in [5, 5.41) is 3.42. The highest BCUT2D eigenvalue weighted by Crippen LogP contribution is 2.27. The number of nitrogens with one attached hydrogen (secondary N) is 1. The number of fused-ring (bicyclic) bond motifs is 1. The van der Waals surface area contributed by atoms with Crippen LogP contribution in [0.5, 0.6) is 5.75 Å². The summed E-state index contributed by atoms with van der Waals surface area (Å²) in [5.41, 5.74) is 2.15. The largest absolute Gasteiger partial charge is 0.490 e. The molecule has 0 bridgehead atoms. The molecule has 6 heteroatoms. The van der Waals surface area contributed by atoms with Crippen molar-refractivity contribution in [3.8, 4) is 5.75 Å². The minimum Gasteiger partial charge on any atom is -0.490 e. The molecule has 0 saturated carbocycles. The highest BCUT2D eigenvalue weighted by atomic mass is 16.5. The third kappa shape index (κ3) is 4.53. The zero-order chi connectivity index (χ0) is 20.1. The van der Waals surface area contributed by atoms with Crippen molar-refractivity contribution in [3.05, 3.63) is 60.2 Å². The van der Waals surface area contributed by atoms with E-state index in [2.05, 4.69) is 15.2 Å². The summed E-state index contributed by atoms with van der Waals surface area (Å²) in [6.45, 7) is 3.13. The van der Waals surface area contributed by atoms with Crippen molar-refractivity contribution in [1.82, 2.24) is 10.2 Å². The predicted octanol–water partition coefficient (Wildman–Crippen LogP) is 2.69. The molecule has 0 spiro atoms. The molecule has 2 aromatic carbocycles. The number of para-hydroxylation sites is 2. The van der Waals surface area contributed by atoms with Gasteiger partial charge in [-0.1, -0.05) is 36.4 Å². The average molecular weight is 393 g/mol. The first-order valence-electron chi connectivity index (χ1n) is 10.3. The Bertz CT molecular complexity index is 860. The Kier molecular flexibility index (Phi) is 5.98. The second-order valence-electron chi connectivity index (χ2n) is 7.44. The molecule has 1 amide bonds. The van der Waals surface area contributed by atoms with Gasteiger partial charge in [-0.15, -0.1) is 0 Å². The first kappa shape index (κ1) is 19.3. The van der Waals surface area contributed by atoms with Gasteiger partial charge in [0.05, 0.1) is 6.42 Å². The number of nitrogens with zero attached hydrogens (tertiary/aromatic N) is 3. The summed E-state index contributed by atoms with van der Waals surface area (Å²) >= 11 is 0. The first-order chi connectivity index (χ1) is 14.2. The Morgan fingerprint density at radius 2 is 1.83 bits per heavy atom. The third-order valence-electron chi connectivity index (χ3n) is 5.54. The number of likely N-dealkylation sites (tertiary alicyclic amines) is 1. The van der Waals surface area contributed by atoms with E-state index in [9.17, 15) is 4.79 Å². The van der Waals surface area contributed by atoms with E-state index in [0.29, 0.717) is 19.5 Å². The Balaban J connectivity index is 1.25. The monoisotopic (exact) mass is 392 g/mol. The van der Waals surface area contributed by atoms with Crippen molar-refractivity contribution in [1.29, 1.82) is 0 Å². The fourth-order valence-electron chi connectivity index (χ4n) is 4.05. The van der Waals surface area contributed by atoms with Crippen LogP contribution in [0.1, 0.15) is 18.4 Å². The molecular weight excluding hydrogens is 364 g/mol. The molecule has 2 aromatic rings.